The van der Waals surface area contributed by atoms with Gasteiger partial charge in [0, 0.05) is 39.3 Å². The minimum Gasteiger partial charge on any atom is -0.374 e. The monoisotopic (exact) mass is 811 g/mol. The first-order chi connectivity index (χ1) is 31.2. The summed E-state index contributed by atoms with van der Waals surface area (Å²) in [7, 11) is 0. The molecule has 2 aliphatic heterocycles. The zero-order valence-corrected chi connectivity index (χ0v) is 34.2. The number of aromatic nitrogens is 3. The summed E-state index contributed by atoms with van der Waals surface area (Å²) in [4.78, 5) is 14.8. The number of hydrogen-bond donors (Lipinski definition) is 3. The van der Waals surface area contributed by atoms with Gasteiger partial charge in [0.25, 0.3) is 0 Å². The van der Waals surface area contributed by atoms with Crippen LogP contribution in [0.2, 0.25) is 0 Å². The molecule has 0 saturated carbocycles. The number of hydrogen-bond acceptors (Lipinski definition) is 6. The van der Waals surface area contributed by atoms with Gasteiger partial charge < -0.3 is 15.2 Å². The molecule has 0 fully saturated rings. The van der Waals surface area contributed by atoms with E-state index in [1.165, 1.54) is 21.8 Å². The Hall–Kier alpha value is -8.13. The predicted octanol–water partition coefficient (Wildman–Crippen LogP) is 12.6. The summed E-state index contributed by atoms with van der Waals surface area (Å²) in [6, 6.07) is 68.6. The van der Waals surface area contributed by atoms with E-state index in [4.69, 9.17) is 9.98 Å². The van der Waals surface area contributed by atoms with E-state index in [0.29, 0.717) is 0 Å². The van der Waals surface area contributed by atoms with Gasteiger partial charge in [-0.1, -0.05) is 152 Å². The summed E-state index contributed by atoms with van der Waals surface area (Å²) in [5.41, 5.74) is 15.1. The van der Waals surface area contributed by atoms with Crippen LogP contribution in [0.5, 0.6) is 0 Å². The van der Waals surface area contributed by atoms with E-state index in [0.717, 1.165) is 78.4 Å². The van der Waals surface area contributed by atoms with Crippen LogP contribution in [0, 0.1) is 0 Å². The lowest BCUT2D eigenvalue weighted by Crippen LogP contribution is -2.44. The summed E-state index contributed by atoms with van der Waals surface area (Å²) >= 11 is 0. The zero-order valence-electron chi connectivity index (χ0n) is 34.2. The van der Waals surface area contributed by atoms with Crippen LogP contribution in [0.1, 0.15) is 46.2 Å². The molecule has 3 atom stereocenters. The molecule has 12 rings (SSSR count). The fourth-order valence-corrected chi connectivity index (χ4v) is 9.15. The molecule has 7 aromatic carbocycles. The molecule has 63 heavy (non-hydrogen) atoms. The standard InChI is InChI=1S/C56H41N7/c1-2-11-39(12-3-1)54-60-55(62-56(61-54)43-13-10-14-44(33-43)63-52-18-6-4-15-45(52)46-16-5-7-19-53(46)63)40-24-20-36(21-25-40)41-26-22-37-28-30-47(58-50(37)34-41)42-27-23-38-29-31-49(59-51(38)35-42)48-17-8-9-32-57-48/h1-35,47,54,56,58,61H,(H,60,62). The third-order valence-corrected chi connectivity index (χ3v) is 12.3. The van der Waals surface area contributed by atoms with Crippen molar-refractivity contribution in [2.75, 3.05) is 5.32 Å². The molecule has 0 radical (unpaired) electrons. The summed E-state index contributed by atoms with van der Waals surface area (Å²) < 4.78 is 2.36. The number of para-hydroxylation sites is 2. The summed E-state index contributed by atoms with van der Waals surface area (Å²) in [6.07, 6.45) is 5.82. The van der Waals surface area contributed by atoms with Gasteiger partial charge in [-0.25, -0.2) is 9.98 Å². The highest BCUT2D eigenvalue weighted by Gasteiger charge is 2.26. The van der Waals surface area contributed by atoms with Crippen molar-refractivity contribution >= 4 is 50.3 Å². The molecule has 0 bridgehead atoms. The number of nitrogens with one attached hydrogen (secondary N) is 3. The van der Waals surface area contributed by atoms with E-state index in [2.05, 4.69) is 208 Å². The van der Waals surface area contributed by atoms with Crippen LogP contribution in [0.4, 0.5) is 5.69 Å². The maximum absolute atomic E-state index is 5.34. The highest BCUT2D eigenvalue weighted by Crippen LogP contribution is 2.36. The normalized spacial score (nSPS) is 17.0. The number of anilines is 1. The summed E-state index contributed by atoms with van der Waals surface area (Å²) in [5, 5.41) is 14.9. The first kappa shape index (κ1) is 36.7. The molecule has 3 N–H and O–H groups in total. The van der Waals surface area contributed by atoms with E-state index in [1.54, 1.807) is 6.20 Å². The molecule has 7 heteroatoms. The number of aliphatic imine (C=N–C) groups is 1. The van der Waals surface area contributed by atoms with Gasteiger partial charge in [-0.05, 0) is 88.0 Å². The third kappa shape index (κ3) is 6.81. The van der Waals surface area contributed by atoms with Gasteiger partial charge in [-0.3, -0.25) is 10.3 Å². The van der Waals surface area contributed by atoms with Gasteiger partial charge in [-0.2, -0.15) is 0 Å². The number of rotatable bonds is 7. The minimum absolute atomic E-state index is 0.0111. The molecule has 3 aromatic heterocycles. The second-order valence-corrected chi connectivity index (χ2v) is 16.2. The molecule has 5 heterocycles. The van der Waals surface area contributed by atoms with Crippen molar-refractivity contribution in [2.45, 2.75) is 18.4 Å². The van der Waals surface area contributed by atoms with Crippen LogP contribution in [-0.2, 0) is 0 Å². The zero-order chi connectivity index (χ0) is 41.7. The maximum Gasteiger partial charge on any atom is 0.131 e. The SMILES string of the molecule is C1=CC(c2ccc3ccc(-c4ccccn4)nc3c2)Nc2cc(-c3ccc(C4=NC(c5cccc(-n6c7ccccc7c7ccccc76)c5)NC(c5ccccc5)N4)cc3)ccc21. The van der Waals surface area contributed by atoms with Crippen LogP contribution in [0.25, 0.3) is 67.0 Å². The number of fused-ring (bicyclic) bond motifs is 5. The fraction of sp³-hybridized carbons (Fsp3) is 0.0536. The highest BCUT2D eigenvalue weighted by atomic mass is 15.3. The summed E-state index contributed by atoms with van der Waals surface area (Å²) in [6.45, 7) is 0. The van der Waals surface area contributed by atoms with Crippen LogP contribution in [-0.4, -0.2) is 20.4 Å². The van der Waals surface area contributed by atoms with Crippen LogP contribution >= 0.6 is 0 Å². The second kappa shape index (κ2) is 15.4. The van der Waals surface area contributed by atoms with E-state index in [1.807, 2.05) is 24.3 Å². The average Bonchev–Trinajstić information content (AvgIpc) is 3.70. The van der Waals surface area contributed by atoms with E-state index < -0.39 is 0 Å². The van der Waals surface area contributed by atoms with Crippen molar-refractivity contribution in [1.82, 2.24) is 25.2 Å². The number of benzene rings is 7. The lowest BCUT2D eigenvalue weighted by molar-refractivity contribution is 0.409. The predicted molar refractivity (Wildman–Crippen MR) is 258 cm³/mol. The van der Waals surface area contributed by atoms with Crippen LogP contribution in [0.15, 0.2) is 211 Å². The lowest BCUT2D eigenvalue weighted by atomic mass is 9.95. The van der Waals surface area contributed by atoms with E-state index in [9.17, 15) is 0 Å². The Balaban J connectivity index is 0.836. The number of nitrogens with zero attached hydrogens (tertiary/aromatic N) is 4. The van der Waals surface area contributed by atoms with Crippen molar-refractivity contribution in [1.29, 1.82) is 0 Å². The Morgan fingerprint density at radius 2 is 1.24 bits per heavy atom. The molecular formula is C56H41N7. The smallest absolute Gasteiger partial charge is 0.131 e. The Morgan fingerprint density at radius 1 is 0.508 bits per heavy atom. The van der Waals surface area contributed by atoms with E-state index >= 15 is 0 Å². The second-order valence-electron chi connectivity index (χ2n) is 16.2. The van der Waals surface area contributed by atoms with Crippen LogP contribution in [0.3, 0.4) is 0 Å². The molecule has 300 valence electrons. The maximum atomic E-state index is 5.34. The molecular weight excluding hydrogens is 771 g/mol. The van der Waals surface area contributed by atoms with Gasteiger partial charge in [0.2, 0.25) is 0 Å². The number of amidine groups is 1. The van der Waals surface area contributed by atoms with Gasteiger partial charge in [-0.15, -0.1) is 0 Å². The van der Waals surface area contributed by atoms with Gasteiger partial charge in [0.05, 0.1) is 34.0 Å². The molecule has 0 amide bonds. The van der Waals surface area contributed by atoms with Crippen LogP contribution < -0.4 is 16.0 Å². The van der Waals surface area contributed by atoms with Crippen molar-refractivity contribution in [3.05, 3.63) is 234 Å². The van der Waals surface area contributed by atoms with Crippen molar-refractivity contribution in [2.24, 2.45) is 4.99 Å². The first-order valence-electron chi connectivity index (χ1n) is 21.4. The summed E-state index contributed by atoms with van der Waals surface area (Å²) in [5.74, 6) is 0.846. The van der Waals surface area contributed by atoms with Gasteiger partial charge >= 0.3 is 0 Å². The highest BCUT2D eigenvalue weighted by molar-refractivity contribution is 6.09. The van der Waals surface area contributed by atoms with Gasteiger partial charge in [0.1, 0.15) is 18.2 Å². The lowest BCUT2D eigenvalue weighted by Gasteiger charge is -2.32. The molecule has 2 aliphatic rings. The van der Waals surface area contributed by atoms with Crippen molar-refractivity contribution in [3.63, 3.8) is 0 Å². The molecule has 0 spiro atoms. The fourth-order valence-electron chi connectivity index (χ4n) is 9.15. The van der Waals surface area contributed by atoms with Crippen molar-refractivity contribution in [3.8, 4) is 28.2 Å². The minimum atomic E-state index is -0.284. The quantitative estimate of drug-likeness (QED) is 0.149. The first-order valence-corrected chi connectivity index (χ1v) is 21.4. The third-order valence-electron chi connectivity index (χ3n) is 12.3. The molecule has 0 saturated heterocycles. The molecule has 7 nitrogen and oxygen atoms in total. The van der Waals surface area contributed by atoms with Gasteiger partial charge in [0.15, 0.2) is 0 Å². The molecule has 3 unspecified atom stereocenters. The molecule has 10 aromatic rings. The Labute approximate surface area is 365 Å². The average molecular weight is 812 g/mol. The largest absolute Gasteiger partial charge is 0.374 e. The topological polar surface area (TPSA) is 79.2 Å². The Bertz CT molecular complexity index is 3340. The van der Waals surface area contributed by atoms with E-state index in [-0.39, 0.29) is 18.4 Å². The Kier molecular flexibility index (Phi) is 8.97. The van der Waals surface area contributed by atoms with Crippen molar-refractivity contribution < 1.29 is 0 Å². The number of pyridine rings is 2. The Morgan fingerprint density at radius 3 is 2.05 bits per heavy atom. The molecule has 0 aliphatic carbocycles.